The van der Waals surface area contributed by atoms with Gasteiger partial charge in [-0.15, -0.1) is 0 Å². The van der Waals surface area contributed by atoms with Gasteiger partial charge in [-0.25, -0.2) is 13.6 Å². The summed E-state index contributed by atoms with van der Waals surface area (Å²) in [5, 5.41) is -0.599. The van der Waals surface area contributed by atoms with Gasteiger partial charge in [0.05, 0.1) is 17.2 Å². The fourth-order valence-electron chi connectivity index (χ4n) is 3.28. The van der Waals surface area contributed by atoms with Gasteiger partial charge >= 0.3 is 17.8 Å². The molecule has 8 nitrogen and oxygen atoms in total. The normalized spacial score (nSPS) is 11.3. The van der Waals surface area contributed by atoms with Crippen LogP contribution in [0.25, 0.3) is 0 Å². The lowest BCUT2D eigenvalue weighted by Crippen LogP contribution is -2.33. The summed E-state index contributed by atoms with van der Waals surface area (Å²) in [6, 6.07) is 5.51. The van der Waals surface area contributed by atoms with Gasteiger partial charge in [-0.2, -0.15) is 18.2 Å². The van der Waals surface area contributed by atoms with Crippen LogP contribution in [0.2, 0.25) is 5.02 Å². The highest BCUT2D eigenvalue weighted by Gasteiger charge is 2.33. The van der Waals surface area contributed by atoms with Crippen molar-refractivity contribution in [3.8, 4) is 17.4 Å². The third-order valence-electron chi connectivity index (χ3n) is 5.06. The van der Waals surface area contributed by atoms with Crippen molar-refractivity contribution < 1.29 is 41.0 Å². The number of ether oxygens (including phenoxy) is 3. The van der Waals surface area contributed by atoms with Gasteiger partial charge in [0.2, 0.25) is 5.88 Å². The van der Waals surface area contributed by atoms with Gasteiger partial charge in [0.25, 0.3) is 0 Å². The Hall–Kier alpha value is -3.87. The molecule has 0 aliphatic heterocycles. The molecule has 1 heterocycles. The minimum Gasteiger partial charge on any atom is -0.473 e. The summed E-state index contributed by atoms with van der Waals surface area (Å²) in [7, 11) is 2.97. The van der Waals surface area contributed by atoms with E-state index in [0.717, 1.165) is 24.3 Å². The maximum absolute atomic E-state index is 14.6. The number of esters is 1. The van der Waals surface area contributed by atoms with Crippen LogP contribution in [0.1, 0.15) is 18.1 Å². The van der Waals surface area contributed by atoms with Crippen LogP contribution in [-0.2, 0) is 29.4 Å². The van der Waals surface area contributed by atoms with Gasteiger partial charge in [0, 0.05) is 20.2 Å². The van der Waals surface area contributed by atoms with E-state index in [2.05, 4.69) is 4.98 Å². The number of aromatic nitrogens is 2. The zero-order valence-corrected chi connectivity index (χ0v) is 21.0. The van der Waals surface area contributed by atoms with Crippen LogP contribution in [0, 0.1) is 11.6 Å². The standard InChI is InChI=1S/C24H21ClF5N3O5/c1-4-36-21(34)11-32(2)20-10-19(31-23(35)33(20)3)37-12-13-7-17(26)22(18(27)8-13)38-14-5-6-16(25)15(9-14)24(28,29)30/h5-10H,4,11-12H2,1-3H3. The van der Waals surface area contributed by atoms with Gasteiger partial charge in [0.1, 0.15) is 24.7 Å². The molecule has 0 saturated heterocycles. The molecule has 0 amide bonds. The molecule has 0 N–H and O–H groups in total. The summed E-state index contributed by atoms with van der Waals surface area (Å²) in [6.45, 7) is 1.24. The van der Waals surface area contributed by atoms with Crippen molar-refractivity contribution in [2.45, 2.75) is 19.7 Å². The Kier molecular flexibility index (Phi) is 8.82. The largest absolute Gasteiger partial charge is 0.473 e. The summed E-state index contributed by atoms with van der Waals surface area (Å²) >= 11 is 5.55. The average molecular weight is 562 g/mol. The number of rotatable bonds is 9. The fourth-order valence-corrected chi connectivity index (χ4v) is 3.51. The molecule has 38 heavy (non-hydrogen) atoms. The highest BCUT2D eigenvalue weighted by atomic mass is 35.5. The Morgan fingerprint density at radius 2 is 1.79 bits per heavy atom. The van der Waals surface area contributed by atoms with Crippen molar-refractivity contribution in [2.75, 3.05) is 25.1 Å². The predicted molar refractivity (Wildman–Crippen MR) is 127 cm³/mol. The maximum atomic E-state index is 14.6. The summed E-state index contributed by atoms with van der Waals surface area (Å²) in [5.41, 5.74) is -1.96. The van der Waals surface area contributed by atoms with Crippen molar-refractivity contribution in [3.05, 3.63) is 74.7 Å². The van der Waals surface area contributed by atoms with Crippen LogP contribution in [0.5, 0.6) is 17.4 Å². The zero-order chi connectivity index (χ0) is 28.2. The van der Waals surface area contributed by atoms with Gasteiger partial charge < -0.3 is 19.1 Å². The van der Waals surface area contributed by atoms with Crippen molar-refractivity contribution in [1.29, 1.82) is 0 Å². The van der Waals surface area contributed by atoms with Crippen LogP contribution in [-0.4, -0.2) is 35.7 Å². The quantitative estimate of drug-likeness (QED) is 0.265. The first kappa shape index (κ1) is 28.7. The number of likely N-dealkylation sites (N-methyl/N-ethyl adjacent to an activating group) is 1. The van der Waals surface area contributed by atoms with Gasteiger partial charge in [-0.05, 0) is 42.8 Å². The lowest BCUT2D eigenvalue weighted by molar-refractivity contribution is -0.141. The molecule has 14 heteroatoms. The molecule has 0 bridgehead atoms. The molecule has 2 aromatic carbocycles. The Morgan fingerprint density at radius 1 is 1.13 bits per heavy atom. The van der Waals surface area contributed by atoms with E-state index < -0.39 is 58.2 Å². The number of halogens is 6. The second-order valence-electron chi connectivity index (χ2n) is 7.87. The molecule has 3 aromatic rings. The molecule has 0 radical (unpaired) electrons. The minimum absolute atomic E-state index is 0.0247. The first-order valence-electron chi connectivity index (χ1n) is 10.9. The molecule has 0 unspecified atom stereocenters. The molecule has 0 aliphatic carbocycles. The van der Waals surface area contributed by atoms with Gasteiger partial charge in [0.15, 0.2) is 17.4 Å². The monoisotopic (exact) mass is 561 g/mol. The number of nitrogens with zero attached hydrogens (tertiary/aromatic N) is 3. The van der Waals surface area contributed by atoms with Crippen molar-refractivity contribution in [3.63, 3.8) is 0 Å². The third kappa shape index (κ3) is 6.91. The molecule has 0 atom stereocenters. The third-order valence-corrected chi connectivity index (χ3v) is 5.39. The molecule has 0 saturated carbocycles. The highest BCUT2D eigenvalue weighted by Crippen LogP contribution is 2.38. The molecular weight excluding hydrogens is 541 g/mol. The molecule has 3 rings (SSSR count). The van der Waals surface area contributed by atoms with Crippen molar-refractivity contribution in [2.24, 2.45) is 7.05 Å². The van der Waals surface area contributed by atoms with E-state index in [0.29, 0.717) is 6.07 Å². The smallest absolute Gasteiger partial charge is 0.417 e. The second-order valence-corrected chi connectivity index (χ2v) is 8.28. The Labute approximate surface area is 218 Å². The summed E-state index contributed by atoms with van der Waals surface area (Å²) in [6.07, 6.45) is -4.80. The Morgan fingerprint density at radius 3 is 2.39 bits per heavy atom. The first-order valence-corrected chi connectivity index (χ1v) is 11.3. The second kappa shape index (κ2) is 11.7. The van der Waals surface area contributed by atoms with E-state index in [9.17, 15) is 31.5 Å². The van der Waals surface area contributed by atoms with Crippen molar-refractivity contribution in [1.82, 2.24) is 9.55 Å². The maximum Gasteiger partial charge on any atom is 0.417 e. The lowest BCUT2D eigenvalue weighted by Gasteiger charge is -2.21. The molecule has 0 spiro atoms. The number of alkyl halides is 3. The average Bonchev–Trinajstić information content (AvgIpc) is 2.82. The van der Waals surface area contributed by atoms with E-state index >= 15 is 0 Å². The van der Waals surface area contributed by atoms with Crippen LogP contribution in [0.3, 0.4) is 0 Å². The highest BCUT2D eigenvalue weighted by molar-refractivity contribution is 6.31. The van der Waals surface area contributed by atoms with Gasteiger partial charge in [-0.1, -0.05) is 11.6 Å². The van der Waals surface area contributed by atoms with Crippen LogP contribution in [0.4, 0.5) is 27.8 Å². The van der Waals surface area contributed by atoms with Gasteiger partial charge in [-0.3, -0.25) is 9.36 Å². The van der Waals surface area contributed by atoms with Crippen LogP contribution in [0.15, 0.2) is 41.2 Å². The predicted octanol–water partition coefficient (Wildman–Crippen LogP) is 5.10. The lowest BCUT2D eigenvalue weighted by atomic mass is 10.2. The topological polar surface area (TPSA) is 82.9 Å². The Balaban J connectivity index is 1.78. The summed E-state index contributed by atoms with van der Waals surface area (Å²) in [5.74, 6) is -4.27. The van der Waals surface area contributed by atoms with E-state index in [1.54, 1.807) is 6.92 Å². The number of benzene rings is 2. The fraction of sp³-hybridized carbons (Fsp3) is 0.292. The van der Waals surface area contributed by atoms with Crippen molar-refractivity contribution >= 4 is 23.4 Å². The zero-order valence-electron chi connectivity index (χ0n) is 20.2. The number of hydrogen-bond acceptors (Lipinski definition) is 7. The van der Waals surface area contributed by atoms with E-state index in [4.69, 9.17) is 25.8 Å². The number of hydrogen-bond donors (Lipinski definition) is 0. The van der Waals surface area contributed by atoms with Crippen LogP contribution < -0.4 is 20.1 Å². The number of carbonyl (C=O) groups is 1. The first-order chi connectivity index (χ1) is 17.8. The summed E-state index contributed by atoms with van der Waals surface area (Å²) in [4.78, 5) is 29.2. The number of carbonyl (C=O) groups excluding carboxylic acids is 1. The SMILES string of the molecule is CCOC(=O)CN(C)c1cc(OCc2cc(F)c(Oc3ccc(Cl)c(C(F)(F)F)c3)c(F)c2)nc(=O)n1C. The van der Waals surface area contributed by atoms with Crippen LogP contribution >= 0.6 is 11.6 Å². The molecular formula is C24H21ClF5N3O5. The van der Waals surface area contributed by atoms with E-state index in [1.807, 2.05) is 0 Å². The Bertz CT molecular complexity index is 1370. The molecule has 204 valence electrons. The minimum atomic E-state index is -4.80. The molecule has 0 fully saturated rings. The number of anilines is 1. The summed E-state index contributed by atoms with van der Waals surface area (Å²) < 4.78 is 84.9. The van der Waals surface area contributed by atoms with E-state index in [1.165, 1.54) is 29.6 Å². The molecule has 1 aromatic heterocycles. The molecule has 0 aliphatic rings. The van der Waals surface area contributed by atoms with E-state index in [-0.39, 0.29) is 30.4 Å².